The van der Waals surface area contributed by atoms with Crippen LogP contribution in [0.1, 0.15) is 50.4 Å². The summed E-state index contributed by atoms with van der Waals surface area (Å²) in [5.74, 6) is -0.845. The lowest BCUT2D eigenvalue weighted by atomic mass is 9.98. The van der Waals surface area contributed by atoms with Gasteiger partial charge in [0.25, 0.3) is 0 Å². The molecular formula is C12H18N2O2S. The molecule has 1 aliphatic carbocycles. The minimum absolute atomic E-state index is 0.0223. The first-order valence-corrected chi connectivity index (χ1v) is 6.70. The van der Waals surface area contributed by atoms with Crippen LogP contribution in [0.4, 0.5) is 0 Å². The van der Waals surface area contributed by atoms with E-state index in [1.807, 2.05) is 5.38 Å². The van der Waals surface area contributed by atoms with Gasteiger partial charge in [-0.3, -0.25) is 10.1 Å². The average molecular weight is 254 g/mol. The Kier molecular flexibility index (Phi) is 3.23. The highest BCUT2D eigenvalue weighted by Gasteiger charge is 2.31. The number of nitrogens with zero attached hydrogens (tertiary/aromatic N) is 1. The number of aromatic nitrogens is 1. The zero-order valence-electron chi connectivity index (χ0n) is 10.4. The molecule has 0 amide bonds. The Morgan fingerprint density at radius 3 is 2.65 bits per heavy atom. The molecule has 1 fully saturated rings. The number of hydrogen-bond acceptors (Lipinski definition) is 4. The van der Waals surface area contributed by atoms with Crippen molar-refractivity contribution in [3.05, 3.63) is 16.1 Å². The van der Waals surface area contributed by atoms with E-state index >= 15 is 0 Å². The van der Waals surface area contributed by atoms with Crippen molar-refractivity contribution in [2.45, 2.75) is 51.1 Å². The van der Waals surface area contributed by atoms with E-state index < -0.39 is 12.0 Å². The molecule has 1 aromatic rings. The molecular weight excluding hydrogens is 236 g/mol. The number of thiazole rings is 1. The van der Waals surface area contributed by atoms with E-state index in [9.17, 15) is 9.90 Å². The molecule has 0 saturated heterocycles. The first-order chi connectivity index (χ1) is 7.88. The van der Waals surface area contributed by atoms with Gasteiger partial charge < -0.3 is 5.11 Å². The fourth-order valence-electron chi connectivity index (χ4n) is 1.53. The van der Waals surface area contributed by atoms with Gasteiger partial charge in [0.05, 0.1) is 10.7 Å². The van der Waals surface area contributed by atoms with Gasteiger partial charge in [-0.15, -0.1) is 11.3 Å². The summed E-state index contributed by atoms with van der Waals surface area (Å²) >= 11 is 1.54. The second-order valence-electron chi connectivity index (χ2n) is 5.54. The summed E-state index contributed by atoms with van der Waals surface area (Å²) in [6.45, 7) is 6.25. The Labute approximate surface area is 105 Å². The van der Waals surface area contributed by atoms with Gasteiger partial charge in [0, 0.05) is 16.8 Å². The molecule has 17 heavy (non-hydrogen) atoms. The van der Waals surface area contributed by atoms with Crippen LogP contribution in [0.5, 0.6) is 0 Å². The fraction of sp³-hybridized carbons (Fsp3) is 0.667. The van der Waals surface area contributed by atoms with E-state index in [4.69, 9.17) is 0 Å². The van der Waals surface area contributed by atoms with Crippen molar-refractivity contribution < 1.29 is 9.90 Å². The van der Waals surface area contributed by atoms with Crippen molar-refractivity contribution in [1.82, 2.24) is 10.3 Å². The van der Waals surface area contributed by atoms with Crippen LogP contribution in [0.3, 0.4) is 0 Å². The molecule has 1 atom stereocenters. The first-order valence-electron chi connectivity index (χ1n) is 5.82. The van der Waals surface area contributed by atoms with Crippen LogP contribution >= 0.6 is 11.3 Å². The van der Waals surface area contributed by atoms with Crippen molar-refractivity contribution in [3.8, 4) is 0 Å². The third-order valence-corrected chi connectivity index (χ3v) is 3.97. The maximum Gasteiger partial charge on any atom is 0.327 e. The molecule has 94 valence electrons. The van der Waals surface area contributed by atoms with Gasteiger partial charge in [-0.1, -0.05) is 20.8 Å². The number of rotatable bonds is 4. The summed E-state index contributed by atoms with van der Waals surface area (Å²) in [5.41, 5.74) is 0.616. The highest BCUT2D eigenvalue weighted by molar-refractivity contribution is 7.09. The van der Waals surface area contributed by atoms with Crippen molar-refractivity contribution in [2.24, 2.45) is 0 Å². The van der Waals surface area contributed by atoms with Crippen molar-refractivity contribution in [1.29, 1.82) is 0 Å². The summed E-state index contributed by atoms with van der Waals surface area (Å²) in [6.07, 6.45) is 2.14. The monoisotopic (exact) mass is 254 g/mol. The summed E-state index contributed by atoms with van der Waals surface area (Å²) < 4.78 is 0. The summed E-state index contributed by atoms with van der Waals surface area (Å²) in [7, 11) is 0. The molecule has 2 N–H and O–H groups in total. The van der Waals surface area contributed by atoms with Crippen LogP contribution in [0.15, 0.2) is 5.38 Å². The van der Waals surface area contributed by atoms with Crippen LogP contribution in [0, 0.1) is 0 Å². The van der Waals surface area contributed by atoms with Crippen LogP contribution in [0.25, 0.3) is 0 Å². The van der Waals surface area contributed by atoms with Gasteiger partial charge in [-0.05, 0) is 12.8 Å². The molecule has 5 heteroatoms. The molecule has 2 rings (SSSR count). The Hall–Kier alpha value is -0.940. The number of carboxylic acid groups (broad SMARTS) is 1. The molecule has 1 aliphatic rings. The molecule has 0 spiro atoms. The SMILES string of the molecule is CC(C)(C)c1nc(C(NC2CC2)C(=O)O)cs1. The molecule has 0 aromatic carbocycles. The van der Waals surface area contributed by atoms with Crippen LogP contribution in [0.2, 0.25) is 0 Å². The zero-order valence-corrected chi connectivity index (χ0v) is 11.2. The van der Waals surface area contributed by atoms with E-state index in [1.54, 1.807) is 0 Å². The smallest absolute Gasteiger partial charge is 0.327 e. The third kappa shape index (κ3) is 3.04. The van der Waals surface area contributed by atoms with E-state index in [1.165, 1.54) is 11.3 Å². The second-order valence-corrected chi connectivity index (χ2v) is 6.40. The minimum Gasteiger partial charge on any atom is -0.480 e. The Morgan fingerprint density at radius 2 is 2.24 bits per heavy atom. The third-order valence-electron chi connectivity index (χ3n) is 2.69. The summed E-state index contributed by atoms with van der Waals surface area (Å²) in [6, 6.07) is -0.300. The number of aliphatic carboxylic acids is 1. The Bertz CT molecular complexity index is 418. The lowest BCUT2D eigenvalue weighted by Crippen LogP contribution is -2.30. The molecule has 1 unspecified atom stereocenters. The van der Waals surface area contributed by atoms with Gasteiger partial charge in [-0.2, -0.15) is 0 Å². The molecule has 0 radical (unpaired) electrons. The number of nitrogens with one attached hydrogen (secondary N) is 1. The van der Waals surface area contributed by atoms with E-state index in [2.05, 4.69) is 31.1 Å². The van der Waals surface area contributed by atoms with Gasteiger partial charge in [0.1, 0.15) is 6.04 Å². The number of carbonyl (C=O) groups is 1. The lowest BCUT2D eigenvalue weighted by Gasteiger charge is -2.15. The fourth-order valence-corrected chi connectivity index (χ4v) is 2.46. The minimum atomic E-state index is -0.845. The van der Waals surface area contributed by atoms with Crippen LogP contribution < -0.4 is 5.32 Å². The van der Waals surface area contributed by atoms with Crippen LogP contribution in [-0.4, -0.2) is 22.1 Å². The maximum absolute atomic E-state index is 11.2. The van der Waals surface area contributed by atoms with E-state index in [-0.39, 0.29) is 5.41 Å². The van der Waals surface area contributed by atoms with Gasteiger partial charge in [0.2, 0.25) is 0 Å². The van der Waals surface area contributed by atoms with Crippen molar-refractivity contribution in [2.75, 3.05) is 0 Å². The predicted molar refractivity (Wildman–Crippen MR) is 67.3 cm³/mol. The molecule has 1 heterocycles. The van der Waals surface area contributed by atoms with Crippen molar-refractivity contribution in [3.63, 3.8) is 0 Å². The van der Waals surface area contributed by atoms with Gasteiger partial charge in [0.15, 0.2) is 0 Å². The zero-order chi connectivity index (χ0) is 12.6. The van der Waals surface area contributed by atoms with Crippen molar-refractivity contribution >= 4 is 17.3 Å². The lowest BCUT2D eigenvalue weighted by molar-refractivity contribution is -0.139. The molecule has 1 saturated carbocycles. The van der Waals surface area contributed by atoms with E-state index in [0.717, 1.165) is 17.8 Å². The largest absolute Gasteiger partial charge is 0.480 e. The highest BCUT2D eigenvalue weighted by atomic mass is 32.1. The molecule has 0 aliphatic heterocycles. The topological polar surface area (TPSA) is 62.2 Å². The number of carboxylic acids is 1. The Morgan fingerprint density at radius 1 is 1.59 bits per heavy atom. The standard InChI is InChI=1S/C12H18N2O2S/c1-12(2,3)11-14-8(6-17-11)9(10(15)16)13-7-4-5-7/h6-7,9,13H,4-5H2,1-3H3,(H,15,16). The molecule has 0 bridgehead atoms. The molecule has 4 nitrogen and oxygen atoms in total. The van der Waals surface area contributed by atoms with E-state index in [0.29, 0.717) is 11.7 Å². The maximum atomic E-state index is 11.2. The quantitative estimate of drug-likeness (QED) is 0.865. The van der Waals surface area contributed by atoms with Crippen LogP contribution in [-0.2, 0) is 10.2 Å². The second kappa shape index (κ2) is 4.38. The summed E-state index contributed by atoms with van der Waals surface area (Å²) in [5, 5.41) is 15.2. The average Bonchev–Trinajstić information content (AvgIpc) is 2.87. The van der Waals surface area contributed by atoms with Gasteiger partial charge >= 0.3 is 5.97 Å². The Balaban J connectivity index is 2.17. The first kappa shape index (κ1) is 12.5. The predicted octanol–water partition coefficient (Wildman–Crippen LogP) is 2.32. The number of hydrogen-bond donors (Lipinski definition) is 2. The molecule has 1 aromatic heterocycles. The normalized spacial score (nSPS) is 18.1. The summed E-state index contributed by atoms with van der Waals surface area (Å²) in [4.78, 5) is 15.7. The van der Waals surface area contributed by atoms with Gasteiger partial charge in [-0.25, -0.2) is 4.98 Å². The highest BCUT2D eigenvalue weighted by Crippen LogP contribution is 2.29.